The van der Waals surface area contributed by atoms with Crippen LogP contribution in [0.1, 0.15) is 5.56 Å². The molecule has 0 aliphatic rings. The second kappa shape index (κ2) is 5.33. The van der Waals surface area contributed by atoms with Crippen molar-refractivity contribution in [2.75, 3.05) is 5.32 Å². The molecule has 0 radical (unpaired) electrons. The number of aromatic nitrogens is 2. The molecule has 0 aliphatic heterocycles. The molecule has 6 heteroatoms. The first-order chi connectivity index (χ1) is 8.06. The van der Waals surface area contributed by atoms with Crippen molar-refractivity contribution in [3.8, 4) is 0 Å². The molecule has 0 saturated heterocycles. The maximum Gasteiger partial charge on any atom is 0.224 e. The Hall–Kier alpha value is -0.650. The lowest BCUT2D eigenvalue weighted by Crippen LogP contribution is -1.97. The molecule has 0 unspecified atom stereocenters. The van der Waals surface area contributed by atoms with E-state index in [9.17, 15) is 0 Å². The summed E-state index contributed by atoms with van der Waals surface area (Å²) >= 11 is 12.6. The van der Waals surface area contributed by atoms with Crippen molar-refractivity contribution in [1.29, 1.82) is 0 Å². The third kappa shape index (κ3) is 3.18. The van der Waals surface area contributed by atoms with Gasteiger partial charge in [-0.3, -0.25) is 0 Å². The SMILES string of the molecule is Cc1ccc(Br)c(Nc2nc(Cl)ncc2Br)c1. The van der Waals surface area contributed by atoms with E-state index in [1.807, 2.05) is 25.1 Å². The average molecular weight is 377 g/mol. The smallest absolute Gasteiger partial charge is 0.224 e. The molecule has 1 aromatic heterocycles. The van der Waals surface area contributed by atoms with Gasteiger partial charge in [-0.05, 0) is 68.1 Å². The van der Waals surface area contributed by atoms with Gasteiger partial charge in [0.1, 0.15) is 5.82 Å². The summed E-state index contributed by atoms with van der Waals surface area (Å²) in [6.45, 7) is 2.03. The van der Waals surface area contributed by atoms with Crippen LogP contribution in [0.3, 0.4) is 0 Å². The minimum absolute atomic E-state index is 0.208. The summed E-state index contributed by atoms with van der Waals surface area (Å²) in [5, 5.41) is 3.40. The number of benzene rings is 1. The van der Waals surface area contributed by atoms with E-state index < -0.39 is 0 Å². The highest BCUT2D eigenvalue weighted by molar-refractivity contribution is 9.11. The predicted octanol–water partition coefficient (Wildman–Crippen LogP) is 4.71. The van der Waals surface area contributed by atoms with Gasteiger partial charge in [0.25, 0.3) is 0 Å². The summed E-state index contributed by atoms with van der Waals surface area (Å²) in [4.78, 5) is 7.99. The molecule has 0 fully saturated rings. The molecule has 0 saturated carbocycles. The molecule has 0 bridgehead atoms. The second-order valence-electron chi connectivity index (χ2n) is 3.44. The van der Waals surface area contributed by atoms with E-state index in [4.69, 9.17) is 11.6 Å². The lowest BCUT2D eigenvalue weighted by Gasteiger charge is -2.10. The molecule has 2 aromatic rings. The number of hydrogen-bond donors (Lipinski definition) is 1. The molecular formula is C11H8Br2ClN3. The number of hydrogen-bond acceptors (Lipinski definition) is 3. The number of aryl methyl sites for hydroxylation is 1. The molecule has 88 valence electrons. The van der Waals surface area contributed by atoms with Crippen LogP contribution in [0.25, 0.3) is 0 Å². The molecule has 17 heavy (non-hydrogen) atoms. The van der Waals surface area contributed by atoms with Gasteiger partial charge in [0.2, 0.25) is 5.28 Å². The summed E-state index contributed by atoms with van der Waals surface area (Å²) in [6, 6.07) is 6.03. The van der Waals surface area contributed by atoms with Crippen LogP contribution in [0.2, 0.25) is 5.28 Å². The van der Waals surface area contributed by atoms with Crippen LogP contribution >= 0.6 is 43.5 Å². The van der Waals surface area contributed by atoms with Crippen LogP contribution in [-0.4, -0.2) is 9.97 Å². The fourth-order valence-electron chi connectivity index (χ4n) is 1.30. The first-order valence-electron chi connectivity index (χ1n) is 4.77. The minimum atomic E-state index is 0.208. The van der Waals surface area contributed by atoms with E-state index in [0.717, 1.165) is 20.2 Å². The lowest BCUT2D eigenvalue weighted by molar-refractivity contribution is 1.15. The zero-order chi connectivity index (χ0) is 12.4. The number of anilines is 2. The van der Waals surface area contributed by atoms with E-state index >= 15 is 0 Å². The summed E-state index contributed by atoms with van der Waals surface area (Å²) in [5.41, 5.74) is 2.09. The van der Waals surface area contributed by atoms with Crippen molar-refractivity contribution < 1.29 is 0 Å². The summed E-state index contributed by atoms with van der Waals surface area (Å²) in [5.74, 6) is 0.635. The Labute approximate surface area is 121 Å². The Kier molecular flexibility index (Phi) is 4.01. The molecule has 0 atom stereocenters. The van der Waals surface area contributed by atoms with Gasteiger partial charge in [0.05, 0.1) is 10.2 Å². The van der Waals surface area contributed by atoms with Gasteiger partial charge >= 0.3 is 0 Å². The van der Waals surface area contributed by atoms with Crippen molar-refractivity contribution >= 4 is 55.0 Å². The van der Waals surface area contributed by atoms with Gasteiger partial charge in [-0.2, -0.15) is 4.98 Å². The highest BCUT2D eigenvalue weighted by Gasteiger charge is 2.06. The van der Waals surface area contributed by atoms with Crippen molar-refractivity contribution in [2.24, 2.45) is 0 Å². The monoisotopic (exact) mass is 375 g/mol. The van der Waals surface area contributed by atoms with Crippen LogP contribution in [0.15, 0.2) is 33.3 Å². The van der Waals surface area contributed by atoms with E-state index in [2.05, 4.69) is 47.1 Å². The molecule has 1 N–H and O–H groups in total. The van der Waals surface area contributed by atoms with E-state index in [1.165, 1.54) is 0 Å². The lowest BCUT2D eigenvalue weighted by atomic mass is 10.2. The van der Waals surface area contributed by atoms with E-state index in [-0.39, 0.29) is 5.28 Å². The zero-order valence-corrected chi connectivity index (χ0v) is 12.8. The van der Waals surface area contributed by atoms with Crippen molar-refractivity contribution in [3.05, 3.63) is 44.2 Å². The standard InChI is InChI=1S/C11H8Br2ClN3/c1-6-2-3-7(12)9(4-6)16-10-8(13)5-15-11(14)17-10/h2-5H,1H3,(H,15,16,17). The zero-order valence-electron chi connectivity index (χ0n) is 8.84. The van der Waals surface area contributed by atoms with Crippen LogP contribution in [-0.2, 0) is 0 Å². The highest BCUT2D eigenvalue weighted by Crippen LogP contribution is 2.29. The molecule has 1 aromatic carbocycles. The van der Waals surface area contributed by atoms with Crippen LogP contribution in [0.4, 0.5) is 11.5 Å². The van der Waals surface area contributed by atoms with E-state index in [0.29, 0.717) is 5.82 Å². The maximum absolute atomic E-state index is 5.76. The van der Waals surface area contributed by atoms with E-state index in [1.54, 1.807) is 6.20 Å². The number of halogens is 3. The molecule has 0 amide bonds. The van der Waals surface area contributed by atoms with Crippen LogP contribution in [0, 0.1) is 6.92 Å². The van der Waals surface area contributed by atoms with Gasteiger partial charge in [-0.25, -0.2) is 4.98 Å². The molecule has 0 aliphatic carbocycles. The Bertz CT molecular complexity index is 511. The van der Waals surface area contributed by atoms with Gasteiger partial charge in [-0.1, -0.05) is 6.07 Å². The molecule has 3 nitrogen and oxygen atoms in total. The fraction of sp³-hybridized carbons (Fsp3) is 0.0909. The summed E-state index contributed by atoms with van der Waals surface area (Å²) in [6.07, 6.45) is 1.61. The first-order valence-corrected chi connectivity index (χ1v) is 6.74. The predicted molar refractivity (Wildman–Crippen MR) is 76.9 cm³/mol. The van der Waals surface area contributed by atoms with Gasteiger partial charge in [0.15, 0.2) is 0 Å². The highest BCUT2D eigenvalue weighted by atomic mass is 79.9. The molecule has 1 heterocycles. The fourth-order valence-corrected chi connectivity index (χ4v) is 2.06. The summed E-state index contributed by atoms with van der Waals surface area (Å²) in [7, 11) is 0. The Morgan fingerprint density at radius 1 is 1.24 bits per heavy atom. The average Bonchev–Trinajstić information content (AvgIpc) is 2.28. The third-order valence-electron chi connectivity index (χ3n) is 2.09. The van der Waals surface area contributed by atoms with Crippen molar-refractivity contribution in [2.45, 2.75) is 6.92 Å². The topological polar surface area (TPSA) is 37.8 Å². The van der Waals surface area contributed by atoms with Crippen molar-refractivity contribution in [1.82, 2.24) is 9.97 Å². The Morgan fingerprint density at radius 3 is 2.76 bits per heavy atom. The quantitative estimate of drug-likeness (QED) is 0.771. The van der Waals surface area contributed by atoms with Crippen LogP contribution < -0.4 is 5.32 Å². The van der Waals surface area contributed by atoms with Gasteiger partial charge < -0.3 is 5.32 Å². The molecule has 0 spiro atoms. The minimum Gasteiger partial charge on any atom is -0.338 e. The van der Waals surface area contributed by atoms with Crippen LogP contribution in [0.5, 0.6) is 0 Å². The normalized spacial score (nSPS) is 10.4. The number of nitrogens with zero attached hydrogens (tertiary/aromatic N) is 2. The number of rotatable bonds is 2. The largest absolute Gasteiger partial charge is 0.338 e. The second-order valence-corrected chi connectivity index (χ2v) is 5.49. The van der Waals surface area contributed by atoms with Gasteiger partial charge in [-0.15, -0.1) is 0 Å². The molecule has 2 rings (SSSR count). The van der Waals surface area contributed by atoms with Crippen molar-refractivity contribution in [3.63, 3.8) is 0 Å². The maximum atomic E-state index is 5.76. The Morgan fingerprint density at radius 2 is 2.00 bits per heavy atom. The summed E-state index contributed by atoms with van der Waals surface area (Å²) < 4.78 is 1.72. The third-order valence-corrected chi connectivity index (χ3v) is 3.54. The first kappa shape index (κ1) is 12.8. The Balaban J connectivity index is 2.37. The van der Waals surface area contributed by atoms with Gasteiger partial charge in [0, 0.05) is 10.7 Å². The number of nitrogens with one attached hydrogen (secondary N) is 1. The molecular weight excluding hydrogens is 369 g/mol.